The van der Waals surface area contributed by atoms with Crippen LogP contribution in [-0.4, -0.2) is 66.2 Å². The van der Waals surface area contributed by atoms with Gasteiger partial charge in [-0.05, 0) is 20.3 Å². The van der Waals surface area contributed by atoms with Crippen LogP contribution in [0.4, 0.5) is 0 Å². The molecule has 1 atom stereocenters. The largest absolute Gasteiger partial charge is 0.340 e. The van der Waals surface area contributed by atoms with Crippen LogP contribution in [0.3, 0.4) is 0 Å². The number of rotatable bonds is 5. The number of hydrogen-bond donors (Lipinski definition) is 0. The first kappa shape index (κ1) is 23.0. The second-order valence-corrected chi connectivity index (χ2v) is 10.9. The maximum Gasteiger partial charge on any atom is 0.332 e. The fourth-order valence-electron chi connectivity index (χ4n) is 4.36. The van der Waals surface area contributed by atoms with E-state index in [-0.39, 0.29) is 41.2 Å². The van der Waals surface area contributed by atoms with Gasteiger partial charge < -0.3 is 9.47 Å². The van der Waals surface area contributed by atoms with Gasteiger partial charge in [-0.25, -0.2) is 18.2 Å². The lowest BCUT2D eigenvalue weighted by Crippen LogP contribution is -2.38. The van der Waals surface area contributed by atoms with Crippen LogP contribution in [0.25, 0.3) is 11.2 Å². The molecule has 3 aromatic heterocycles. The average molecular weight is 478 g/mol. The van der Waals surface area contributed by atoms with Crippen molar-refractivity contribution in [3.63, 3.8) is 0 Å². The summed E-state index contributed by atoms with van der Waals surface area (Å²) in [5.74, 6) is -0.0117. The molecule has 0 spiro atoms. The lowest BCUT2D eigenvalue weighted by atomic mass is 10.1. The number of imidazole rings is 1. The minimum Gasteiger partial charge on any atom is -0.340 e. The van der Waals surface area contributed by atoms with Crippen LogP contribution < -0.4 is 11.2 Å². The zero-order valence-electron chi connectivity index (χ0n) is 19.3. The lowest BCUT2D eigenvalue weighted by molar-refractivity contribution is -0.131. The highest BCUT2D eigenvalue weighted by molar-refractivity contribution is 7.91. The van der Waals surface area contributed by atoms with Crippen molar-refractivity contribution < 1.29 is 13.2 Å². The van der Waals surface area contributed by atoms with Gasteiger partial charge in [0.05, 0.1) is 29.6 Å². The molecule has 0 unspecified atom stereocenters. The minimum absolute atomic E-state index is 0.0777. The Morgan fingerprint density at radius 3 is 2.55 bits per heavy atom. The third-order valence-electron chi connectivity index (χ3n) is 6.37. The molecule has 4 rings (SSSR count). The van der Waals surface area contributed by atoms with Gasteiger partial charge >= 0.3 is 5.69 Å². The molecular formula is C20H27N7O5S. The van der Waals surface area contributed by atoms with Gasteiger partial charge in [-0.2, -0.15) is 5.10 Å². The average Bonchev–Trinajstić information content (AvgIpc) is 3.41. The Morgan fingerprint density at radius 1 is 1.21 bits per heavy atom. The second-order valence-electron chi connectivity index (χ2n) is 8.65. The molecule has 12 nitrogen and oxygen atoms in total. The lowest BCUT2D eigenvalue weighted by Gasteiger charge is -2.18. The van der Waals surface area contributed by atoms with Gasteiger partial charge in [0.15, 0.2) is 21.0 Å². The molecule has 0 bridgehead atoms. The summed E-state index contributed by atoms with van der Waals surface area (Å²) in [4.78, 5) is 43.4. The first-order valence-corrected chi connectivity index (χ1v) is 12.3. The van der Waals surface area contributed by atoms with Crippen LogP contribution in [0.2, 0.25) is 0 Å². The molecule has 0 N–H and O–H groups in total. The minimum atomic E-state index is -3.04. The zero-order chi connectivity index (χ0) is 24.2. The fourth-order valence-corrected chi connectivity index (χ4v) is 6.05. The highest BCUT2D eigenvalue weighted by Gasteiger charge is 2.31. The molecule has 0 aliphatic carbocycles. The van der Waals surface area contributed by atoms with Gasteiger partial charge in [0.2, 0.25) is 5.91 Å². The molecular weight excluding hydrogens is 450 g/mol. The van der Waals surface area contributed by atoms with Gasteiger partial charge in [0.25, 0.3) is 5.56 Å². The SMILES string of the molecule is Cc1nn([C@H]2CCS(=O)(=O)C2)c(C)c1CN(C)C(=O)Cn1cnc2c1c(=O)n(C)c(=O)n2C. The van der Waals surface area contributed by atoms with Gasteiger partial charge in [0.1, 0.15) is 6.54 Å². The van der Waals surface area contributed by atoms with E-state index in [0.29, 0.717) is 13.0 Å². The summed E-state index contributed by atoms with van der Waals surface area (Å²) in [7, 11) is 1.52. The molecule has 4 heterocycles. The van der Waals surface area contributed by atoms with Gasteiger partial charge in [-0.1, -0.05) is 0 Å². The summed E-state index contributed by atoms with van der Waals surface area (Å²) in [5, 5.41) is 4.55. The topological polar surface area (TPSA) is 134 Å². The molecule has 1 aliphatic rings. The van der Waals surface area contributed by atoms with Crippen molar-refractivity contribution in [1.82, 2.24) is 33.4 Å². The maximum atomic E-state index is 13.0. The number of amides is 1. The number of carbonyl (C=O) groups excluding carboxylic acids is 1. The fraction of sp³-hybridized carbons (Fsp3) is 0.550. The van der Waals surface area contributed by atoms with Crippen LogP contribution in [0.1, 0.15) is 29.4 Å². The monoisotopic (exact) mass is 477 g/mol. The summed E-state index contributed by atoms with van der Waals surface area (Å²) < 4.78 is 29.2. The molecule has 0 radical (unpaired) electrons. The number of hydrogen-bond acceptors (Lipinski definition) is 7. The molecule has 1 aliphatic heterocycles. The normalized spacial score (nSPS) is 17.7. The van der Waals surface area contributed by atoms with E-state index in [1.807, 2.05) is 13.8 Å². The van der Waals surface area contributed by atoms with Gasteiger partial charge in [-0.3, -0.25) is 23.4 Å². The molecule has 1 fully saturated rings. The van der Waals surface area contributed by atoms with E-state index in [2.05, 4.69) is 10.1 Å². The summed E-state index contributed by atoms with van der Waals surface area (Å²) in [6.45, 7) is 3.90. The summed E-state index contributed by atoms with van der Waals surface area (Å²) in [5.41, 5.74) is 1.85. The second kappa shape index (κ2) is 7.97. The molecule has 3 aromatic rings. The Bertz CT molecular complexity index is 1490. The summed E-state index contributed by atoms with van der Waals surface area (Å²) in [6, 6.07) is -0.191. The van der Waals surface area contributed by atoms with E-state index in [1.165, 1.54) is 34.5 Å². The smallest absolute Gasteiger partial charge is 0.332 e. The maximum absolute atomic E-state index is 13.0. The number of sulfone groups is 1. The van der Waals surface area contributed by atoms with Crippen LogP contribution in [0, 0.1) is 13.8 Å². The van der Waals surface area contributed by atoms with Crippen molar-refractivity contribution in [2.45, 2.75) is 39.4 Å². The van der Waals surface area contributed by atoms with E-state index >= 15 is 0 Å². The Labute approximate surface area is 190 Å². The Balaban J connectivity index is 1.56. The van der Waals surface area contributed by atoms with Gasteiger partial charge in [0, 0.05) is 38.9 Å². The summed E-state index contributed by atoms with van der Waals surface area (Å²) >= 11 is 0. The number of carbonyl (C=O) groups is 1. The number of aryl methyl sites for hydroxylation is 2. The Morgan fingerprint density at radius 2 is 1.91 bits per heavy atom. The van der Waals surface area contributed by atoms with Crippen LogP contribution >= 0.6 is 0 Å². The predicted octanol–water partition coefficient (Wildman–Crippen LogP) is -0.735. The number of fused-ring (bicyclic) bond motifs is 1. The molecule has 33 heavy (non-hydrogen) atoms. The van der Waals surface area contributed by atoms with E-state index < -0.39 is 21.1 Å². The van der Waals surface area contributed by atoms with E-state index in [9.17, 15) is 22.8 Å². The molecule has 13 heteroatoms. The van der Waals surface area contributed by atoms with Crippen molar-refractivity contribution >= 4 is 26.9 Å². The quantitative estimate of drug-likeness (QED) is 0.473. The molecule has 1 saturated heterocycles. The van der Waals surface area contributed by atoms with E-state index in [4.69, 9.17) is 0 Å². The highest BCUT2D eigenvalue weighted by Crippen LogP contribution is 2.27. The van der Waals surface area contributed by atoms with Crippen molar-refractivity contribution in [3.8, 4) is 0 Å². The number of nitrogens with zero attached hydrogens (tertiary/aromatic N) is 7. The van der Waals surface area contributed by atoms with Crippen molar-refractivity contribution in [1.29, 1.82) is 0 Å². The van der Waals surface area contributed by atoms with Crippen LogP contribution in [0.5, 0.6) is 0 Å². The number of likely N-dealkylation sites (N-methyl/N-ethyl adjacent to an activating group) is 1. The van der Waals surface area contributed by atoms with Crippen molar-refractivity contribution in [3.05, 3.63) is 44.1 Å². The third-order valence-corrected chi connectivity index (χ3v) is 8.12. The highest BCUT2D eigenvalue weighted by atomic mass is 32.2. The molecule has 0 saturated carbocycles. The van der Waals surface area contributed by atoms with E-state index in [1.54, 1.807) is 11.7 Å². The summed E-state index contributed by atoms with van der Waals surface area (Å²) in [6.07, 6.45) is 1.91. The third kappa shape index (κ3) is 3.90. The van der Waals surface area contributed by atoms with Crippen molar-refractivity contribution in [2.75, 3.05) is 18.6 Å². The van der Waals surface area contributed by atoms with E-state index in [0.717, 1.165) is 21.5 Å². The van der Waals surface area contributed by atoms with Gasteiger partial charge in [-0.15, -0.1) is 0 Å². The van der Waals surface area contributed by atoms with Crippen LogP contribution in [0.15, 0.2) is 15.9 Å². The molecule has 1 amide bonds. The Hall–Kier alpha value is -3.22. The Kier molecular flexibility index (Phi) is 5.55. The first-order valence-electron chi connectivity index (χ1n) is 10.5. The molecule has 178 valence electrons. The number of aromatic nitrogens is 6. The predicted molar refractivity (Wildman–Crippen MR) is 121 cm³/mol. The zero-order valence-corrected chi connectivity index (χ0v) is 20.1. The first-order chi connectivity index (χ1) is 15.4. The van der Waals surface area contributed by atoms with Crippen molar-refractivity contribution in [2.24, 2.45) is 14.1 Å². The van der Waals surface area contributed by atoms with Crippen LogP contribution in [-0.2, 0) is 41.8 Å². The molecule has 0 aromatic carbocycles. The standard InChI is InChI=1S/C20H27N7O5S/c1-12-15(13(2)27(22-12)14-6-7-33(31,32)10-14)8-23(3)16(28)9-26-11-21-18-17(26)19(29)25(5)20(30)24(18)4/h11,14H,6-10H2,1-5H3/t14-/m0/s1.